The van der Waals surface area contributed by atoms with Crippen LogP contribution in [0.3, 0.4) is 0 Å². The van der Waals surface area contributed by atoms with E-state index in [4.69, 9.17) is 16.3 Å². The molecule has 1 aliphatic rings. The predicted octanol–water partition coefficient (Wildman–Crippen LogP) is 4.12. The summed E-state index contributed by atoms with van der Waals surface area (Å²) in [5, 5.41) is 12.5. The number of anilines is 2. The van der Waals surface area contributed by atoms with Gasteiger partial charge in [0.05, 0.1) is 28.7 Å². The third kappa shape index (κ3) is 3.75. The molecule has 4 aromatic rings. The molecule has 5 rings (SSSR count). The Hall–Kier alpha value is -2.91. The lowest BCUT2D eigenvalue weighted by Crippen LogP contribution is -2.32. The topological polar surface area (TPSA) is 96.0 Å². The van der Waals surface area contributed by atoms with Gasteiger partial charge in [0.15, 0.2) is 0 Å². The number of H-pyrrole nitrogens is 1. The number of halogens is 1. The Morgan fingerprint density at radius 3 is 3.06 bits per heavy atom. The molecule has 10 heteroatoms. The minimum Gasteiger partial charge on any atom is -0.490 e. The third-order valence-corrected chi connectivity index (χ3v) is 7.08. The number of benzene rings is 1. The van der Waals surface area contributed by atoms with Gasteiger partial charge in [-0.3, -0.25) is 9.89 Å². The summed E-state index contributed by atoms with van der Waals surface area (Å²) in [5.74, 6) is 2.02. The molecule has 0 spiro atoms. The number of aromatic nitrogens is 4. The van der Waals surface area contributed by atoms with Gasteiger partial charge >= 0.3 is 0 Å². The second-order valence-corrected chi connectivity index (χ2v) is 9.51. The molecule has 32 heavy (non-hydrogen) atoms. The van der Waals surface area contributed by atoms with Crippen molar-refractivity contribution in [1.82, 2.24) is 25.1 Å². The second-order valence-electron chi connectivity index (χ2n) is 8.05. The van der Waals surface area contributed by atoms with Crippen molar-refractivity contribution in [3.8, 4) is 5.75 Å². The zero-order chi connectivity index (χ0) is 22.2. The smallest absolute Gasteiger partial charge is 0.225 e. The van der Waals surface area contributed by atoms with E-state index in [0.29, 0.717) is 18.2 Å². The van der Waals surface area contributed by atoms with E-state index < -0.39 is 0 Å². The fourth-order valence-corrected chi connectivity index (χ4v) is 5.59. The van der Waals surface area contributed by atoms with Crippen molar-refractivity contribution in [3.05, 3.63) is 35.1 Å². The fourth-order valence-electron chi connectivity index (χ4n) is 4.25. The monoisotopic (exact) mass is 470 g/mol. The number of carbonyl (C=O) groups excluding carboxylic acids is 1. The average molecular weight is 471 g/mol. The number of hydrogen-bond acceptors (Lipinski definition) is 7. The molecule has 8 nitrogen and oxygen atoms in total. The molecule has 0 saturated carbocycles. The Labute approximate surface area is 193 Å². The molecule has 3 heterocycles. The van der Waals surface area contributed by atoms with E-state index in [0.717, 1.165) is 51.9 Å². The van der Waals surface area contributed by atoms with E-state index in [1.807, 2.05) is 26.2 Å². The Morgan fingerprint density at radius 1 is 1.38 bits per heavy atom. The van der Waals surface area contributed by atoms with Crippen LogP contribution in [-0.4, -0.2) is 57.6 Å². The van der Waals surface area contributed by atoms with Crippen LogP contribution in [0.4, 0.5) is 11.5 Å². The molecule has 0 bridgehead atoms. The number of nitrogens with zero attached hydrogens (tertiary/aromatic N) is 4. The third-order valence-electron chi connectivity index (χ3n) is 5.76. The molecular weight excluding hydrogens is 448 g/mol. The number of carbonyl (C=O) groups is 1. The second kappa shape index (κ2) is 8.55. The van der Waals surface area contributed by atoms with Crippen LogP contribution in [0, 0.1) is 5.92 Å². The van der Waals surface area contributed by atoms with E-state index in [9.17, 15) is 4.79 Å². The molecule has 0 radical (unpaired) electrons. The molecule has 1 aromatic carbocycles. The number of nitrogens with one attached hydrogen (secondary N) is 2. The SMILES string of the molecule is CN(C)C(=O)[C@H]1CCc2c(sc3ncnc(Nc4cc5cn[nH]c5cc4OCCCl)c23)C1. The first-order chi connectivity index (χ1) is 15.5. The van der Waals surface area contributed by atoms with E-state index in [-0.39, 0.29) is 11.8 Å². The zero-order valence-electron chi connectivity index (χ0n) is 17.8. The summed E-state index contributed by atoms with van der Waals surface area (Å²) >= 11 is 7.50. The van der Waals surface area contributed by atoms with Gasteiger partial charge in [-0.05, 0) is 30.9 Å². The van der Waals surface area contributed by atoms with Gasteiger partial charge in [-0.25, -0.2) is 9.97 Å². The van der Waals surface area contributed by atoms with Gasteiger partial charge in [-0.1, -0.05) is 0 Å². The number of thiophene rings is 1. The molecule has 166 valence electrons. The van der Waals surface area contributed by atoms with Crippen LogP contribution in [0.2, 0.25) is 0 Å². The number of rotatable bonds is 6. The molecular formula is C22H23ClN6O2S. The van der Waals surface area contributed by atoms with Crippen LogP contribution in [0.1, 0.15) is 16.9 Å². The molecule has 1 aliphatic carbocycles. The van der Waals surface area contributed by atoms with Crippen LogP contribution in [0.15, 0.2) is 24.7 Å². The van der Waals surface area contributed by atoms with Crippen LogP contribution in [-0.2, 0) is 17.6 Å². The highest BCUT2D eigenvalue weighted by atomic mass is 35.5. The van der Waals surface area contributed by atoms with Crippen LogP contribution >= 0.6 is 22.9 Å². The molecule has 3 aromatic heterocycles. The normalized spacial score (nSPS) is 15.7. The number of amides is 1. The van der Waals surface area contributed by atoms with Gasteiger partial charge < -0.3 is 15.0 Å². The minimum atomic E-state index is 0.0222. The molecule has 1 atom stereocenters. The zero-order valence-corrected chi connectivity index (χ0v) is 19.4. The number of aromatic amines is 1. The standard InChI is InChI=1S/C22H23ClN6O2S/c1-29(2)22(30)12-3-4-14-18(8-12)32-21-19(14)20(24-11-25-21)27-16-7-13-10-26-28-15(13)9-17(16)31-6-5-23/h7,9-12H,3-6,8H2,1-2H3,(H,26,28)(H,24,25,27)/t12-/m0/s1. The van der Waals surface area contributed by atoms with Crippen molar-refractivity contribution in [3.63, 3.8) is 0 Å². The number of ether oxygens (including phenoxy) is 1. The fraction of sp³-hybridized carbons (Fsp3) is 0.364. The lowest BCUT2D eigenvalue weighted by Gasteiger charge is -2.24. The number of fused-ring (bicyclic) bond motifs is 4. The van der Waals surface area contributed by atoms with E-state index in [2.05, 4.69) is 25.5 Å². The predicted molar refractivity (Wildman–Crippen MR) is 127 cm³/mol. The van der Waals surface area contributed by atoms with Crippen LogP contribution in [0.5, 0.6) is 5.75 Å². The van der Waals surface area contributed by atoms with E-state index in [1.165, 1.54) is 10.4 Å². The van der Waals surface area contributed by atoms with Crippen molar-refractivity contribution in [2.45, 2.75) is 19.3 Å². The van der Waals surface area contributed by atoms with Crippen LogP contribution in [0.25, 0.3) is 21.1 Å². The van der Waals surface area contributed by atoms with Crippen molar-refractivity contribution in [1.29, 1.82) is 0 Å². The summed E-state index contributed by atoms with van der Waals surface area (Å²) in [6.07, 6.45) is 5.76. The summed E-state index contributed by atoms with van der Waals surface area (Å²) in [7, 11) is 3.63. The summed E-state index contributed by atoms with van der Waals surface area (Å²) in [5.41, 5.74) is 2.92. The lowest BCUT2D eigenvalue weighted by atomic mass is 9.87. The molecule has 2 N–H and O–H groups in total. The highest BCUT2D eigenvalue weighted by Gasteiger charge is 2.30. The maximum absolute atomic E-state index is 12.5. The van der Waals surface area contributed by atoms with Gasteiger partial charge in [-0.2, -0.15) is 5.10 Å². The number of alkyl halides is 1. The number of hydrogen-bond donors (Lipinski definition) is 2. The Morgan fingerprint density at radius 2 is 2.25 bits per heavy atom. The molecule has 0 saturated heterocycles. The van der Waals surface area contributed by atoms with Gasteiger partial charge in [0.25, 0.3) is 0 Å². The summed E-state index contributed by atoms with van der Waals surface area (Å²) < 4.78 is 5.88. The molecule has 0 unspecified atom stereocenters. The van der Waals surface area contributed by atoms with Crippen molar-refractivity contribution >= 4 is 61.5 Å². The molecule has 1 amide bonds. The first kappa shape index (κ1) is 21.0. The van der Waals surface area contributed by atoms with E-state index in [1.54, 1.807) is 28.8 Å². The van der Waals surface area contributed by atoms with E-state index >= 15 is 0 Å². The molecule has 0 aliphatic heterocycles. The summed E-state index contributed by atoms with van der Waals surface area (Å²) in [6, 6.07) is 3.90. The first-order valence-corrected chi connectivity index (χ1v) is 11.8. The summed E-state index contributed by atoms with van der Waals surface area (Å²) in [4.78, 5) is 25.4. The Balaban J connectivity index is 1.53. The first-order valence-electron chi connectivity index (χ1n) is 10.4. The van der Waals surface area contributed by atoms with Gasteiger partial charge in [0, 0.05) is 36.3 Å². The Kier molecular flexibility index (Phi) is 5.60. The average Bonchev–Trinajstić information content (AvgIpc) is 3.40. The summed E-state index contributed by atoms with van der Waals surface area (Å²) in [6.45, 7) is 0.393. The van der Waals surface area contributed by atoms with Gasteiger partial charge in [-0.15, -0.1) is 22.9 Å². The van der Waals surface area contributed by atoms with Gasteiger partial charge in [0.2, 0.25) is 5.91 Å². The van der Waals surface area contributed by atoms with Crippen molar-refractivity contribution in [2.24, 2.45) is 5.92 Å². The highest BCUT2D eigenvalue weighted by Crippen LogP contribution is 2.41. The highest BCUT2D eigenvalue weighted by molar-refractivity contribution is 7.19. The maximum Gasteiger partial charge on any atom is 0.225 e. The molecule has 0 fully saturated rings. The quantitative estimate of drug-likeness (QED) is 0.411. The Bertz CT molecular complexity index is 1300. The number of aryl methyl sites for hydroxylation is 1. The van der Waals surface area contributed by atoms with Crippen LogP contribution < -0.4 is 10.1 Å². The lowest BCUT2D eigenvalue weighted by molar-refractivity contribution is -0.133. The van der Waals surface area contributed by atoms with Gasteiger partial charge in [0.1, 0.15) is 29.3 Å². The van der Waals surface area contributed by atoms with Crippen molar-refractivity contribution in [2.75, 3.05) is 31.9 Å². The van der Waals surface area contributed by atoms with Crippen molar-refractivity contribution < 1.29 is 9.53 Å². The maximum atomic E-state index is 12.5. The minimum absolute atomic E-state index is 0.0222. The largest absolute Gasteiger partial charge is 0.490 e.